The second-order valence-corrected chi connectivity index (χ2v) is 5.71. The van der Waals surface area contributed by atoms with Crippen LogP contribution in [0.4, 0.5) is 0 Å². The Morgan fingerprint density at radius 1 is 1.30 bits per heavy atom. The average Bonchev–Trinajstić information content (AvgIpc) is 2.41. The van der Waals surface area contributed by atoms with Crippen molar-refractivity contribution in [2.75, 3.05) is 0 Å². The molecule has 5 heteroatoms. The molecule has 0 bridgehead atoms. The lowest BCUT2D eigenvalue weighted by Gasteiger charge is -2.15. The topological polar surface area (TPSA) is 49.3 Å². The molecule has 0 aliphatic carbocycles. The Morgan fingerprint density at radius 2 is 2.05 bits per heavy atom. The number of rotatable bonds is 3. The SMILES string of the molecule is CC(NC(=O)c1ccc(Br)c(O)c1)c1cccc(Cl)c1. The van der Waals surface area contributed by atoms with Gasteiger partial charge in [-0.25, -0.2) is 0 Å². The summed E-state index contributed by atoms with van der Waals surface area (Å²) in [5.74, 6) is -0.215. The predicted octanol–water partition coefficient (Wildman–Crippen LogP) is 4.30. The van der Waals surface area contributed by atoms with Crippen LogP contribution in [-0.4, -0.2) is 11.0 Å². The maximum absolute atomic E-state index is 12.1. The summed E-state index contributed by atoms with van der Waals surface area (Å²) in [4.78, 5) is 12.1. The zero-order valence-electron chi connectivity index (χ0n) is 10.7. The third kappa shape index (κ3) is 3.52. The highest BCUT2D eigenvalue weighted by atomic mass is 79.9. The van der Waals surface area contributed by atoms with Crippen molar-refractivity contribution < 1.29 is 9.90 Å². The average molecular weight is 355 g/mol. The van der Waals surface area contributed by atoms with Gasteiger partial charge in [-0.1, -0.05) is 23.7 Å². The zero-order valence-corrected chi connectivity index (χ0v) is 13.1. The molecule has 2 N–H and O–H groups in total. The Balaban J connectivity index is 2.13. The number of carbonyl (C=O) groups excluding carboxylic acids is 1. The van der Waals surface area contributed by atoms with Crippen molar-refractivity contribution in [3.63, 3.8) is 0 Å². The van der Waals surface area contributed by atoms with Crippen molar-refractivity contribution in [3.8, 4) is 5.75 Å². The van der Waals surface area contributed by atoms with Crippen LogP contribution in [0.3, 0.4) is 0 Å². The Morgan fingerprint density at radius 3 is 2.70 bits per heavy atom. The van der Waals surface area contributed by atoms with Gasteiger partial charge in [-0.3, -0.25) is 4.79 Å². The quantitative estimate of drug-likeness (QED) is 0.863. The molecule has 20 heavy (non-hydrogen) atoms. The molecule has 0 saturated heterocycles. The van der Waals surface area contributed by atoms with E-state index < -0.39 is 0 Å². The van der Waals surface area contributed by atoms with Gasteiger partial charge in [0.2, 0.25) is 0 Å². The minimum absolute atomic E-state index is 0.0352. The number of nitrogens with one attached hydrogen (secondary N) is 1. The number of carbonyl (C=O) groups is 1. The van der Waals surface area contributed by atoms with E-state index in [0.717, 1.165) is 5.56 Å². The van der Waals surface area contributed by atoms with Crippen LogP contribution < -0.4 is 5.32 Å². The van der Waals surface area contributed by atoms with Gasteiger partial charge in [-0.15, -0.1) is 0 Å². The van der Waals surface area contributed by atoms with Crippen LogP contribution >= 0.6 is 27.5 Å². The number of halogens is 2. The fourth-order valence-electron chi connectivity index (χ4n) is 1.79. The van der Waals surface area contributed by atoms with Gasteiger partial charge in [0, 0.05) is 10.6 Å². The first-order chi connectivity index (χ1) is 9.47. The number of aromatic hydroxyl groups is 1. The first kappa shape index (κ1) is 14.9. The van der Waals surface area contributed by atoms with E-state index in [2.05, 4.69) is 21.2 Å². The van der Waals surface area contributed by atoms with Crippen molar-refractivity contribution in [1.29, 1.82) is 0 Å². The molecule has 1 atom stereocenters. The first-order valence-electron chi connectivity index (χ1n) is 6.02. The van der Waals surface area contributed by atoms with Crippen LogP contribution in [0.1, 0.15) is 28.9 Å². The number of hydrogen-bond acceptors (Lipinski definition) is 2. The molecule has 0 radical (unpaired) electrons. The summed E-state index contributed by atoms with van der Waals surface area (Å²) in [5.41, 5.74) is 1.33. The molecule has 0 spiro atoms. The maximum atomic E-state index is 12.1. The van der Waals surface area contributed by atoms with Crippen molar-refractivity contribution in [2.24, 2.45) is 0 Å². The standard InChI is InChI=1S/C15H13BrClNO2/c1-9(10-3-2-4-12(17)7-10)18-15(20)11-5-6-13(16)14(19)8-11/h2-9,19H,1H3,(H,18,20). The third-order valence-electron chi connectivity index (χ3n) is 2.90. The Labute approximate surface area is 130 Å². The summed E-state index contributed by atoms with van der Waals surface area (Å²) in [6.45, 7) is 1.88. The highest BCUT2D eigenvalue weighted by molar-refractivity contribution is 9.10. The monoisotopic (exact) mass is 353 g/mol. The molecule has 2 aromatic carbocycles. The molecule has 3 nitrogen and oxygen atoms in total. The van der Waals surface area contributed by atoms with E-state index in [1.165, 1.54) is 6.07 Å². The molecule has 0 saturated carbocycles. The Bertz CT molecular complexity index is 646. The minimum atomic E-state index is -0.250. The normalized spacial score (nSPS) is 11.9. The molecule has 0 aliphatic heterocycles. The van der Waals surface area contributed by atoms with Crippen molar-refractivity contribution in [1.82, 2.24) is 5.32 Å². The number of benzene rings is 2. The molecular weight excluding hydrogens is 342 g/mol. The van der Waals surface area contributed by atoms with E-state index in [0.29, 0.717) is 15.1 Å². The van der Waals surface area contributed by atoms with E-state index >= 15 is 0 Å². The summed E-state index contributed by atoms with van der Waals surface area (Å²) >= 11 is 9.11. The lowest BCUT2D eigenvalue weighted by molar-refractivity contribution is 0.0939. The van der Waals surface area contributed by atoms with E-state index in [4.69, 9.17) is 11.6 Å². The van der Waals surface area contributed by atoms with Gasteiger partial charge in [0.15, 0.2) is 0 Å². The molecule has 0 aromatic heterocycles. The second-order valence-electron chi connectivity index (χ2n) is 4.42. The highest BCUT2D eigenvalue weighted by Gasteiger charge is 2.13. The smallest absolute Gasteiger partial charge is 0.251 e. The summed E-state index contributed by atoms with van der Waals surface area (Å²) in [6, 6.07) is 11.9. The number of hydrogen-bond donors (Lipinski definition) is 2. The molecule has 104 valence electrons. The van der Waals surface area contributed by atoms with Crippen LogP contribution in [0.5, 0.6) is 5.75 Å². The van der Waals surface area contributed by atoms with Crippen LogP contribution in [0.2, 0.25) is 5.02 Å². The van der Waals surface area contributed by atoms with Crippen LogP contribution in [0.25, 0.3) is 0 Å². The summed E-state index contributed by atoms with van der Waals surface area (Å²) in [6.07, 6.45) is 0. The number of amides is 1. The third-order valence-corrected chi connectivity index (χ3v) is 3.81. The minimum Gasteiger partial charge on any atom is -0.507 e. The molecule has 0 aliphatic rings. The van der Waals surface area contributed by atoms with Gasteiger partial charge < -0.3 is 10.4 Å². The number of phenolic OH excluding ortho intramolecular Hbond substituents is 1. The predicted molar refractivity (Wildman–Crippen MR) is 83.1 cm³/mol. The molecule has 0 fully saturated rings. The lowest BCUT2D eigenvalue weighted by atomic mass is 10.1. The zero-order chi connectivity index (χ0) is 14.7. The Hall–Kier alpha value is -1.52. The van der Waals surface area contributed by atoms with Crippen molar-refractivity contribution in [2.45, 2.75) is 13.0 Å². The molecular formula is C15H13BrClNO2. The summed E-state index contributed by atoms with van der Waals surface area (Å²) < 4.78 is 0.553. The molecule has 0 heterocycles. The summed E-state index contributed by atoms with van der Waals surface area (Å²) in [7, 11) is 0. The second kappa shape index (κ2) is 6.29. The van der Waals surface area contributed by atoms with Gasteiger partial charge in [-0.05, 0) is 58.7 Å². The van der Waals surface area contributed by atoms with Gasteiger partial charge in [-0.2, -0.15) is 0 Å². The van der Waals surface area contributed by atoms with Gasteiger partial charge in [0.1, 0.15) is 5.75 Å². The Kier molecular flexibility index (Phi) is 4.68. The lowest BCUT2D eigenvalue weighted by Crippen LogP contribution is -2.26. The van der Waals surface area contributed by atoms with E-state index in [1.807, 2.05) is 25.1 Å². The van der Waals surface area contributed by atoms with E-state index in [1.54, 1.807) is 18.2 Å². The van der Waals surface area contributed by atoms with Crippen LogP contribution in [-0.2, 0) is 0 Å². The number of phenols is 1. The van der Waals surface area contributed by atoms with Gasteiger partial charge >= 0.3 is 0 Å². The fourth-order valence-corrected chi connectivity index (χ4v) is 2.24. The van der Waals surface area contributed by atoms with Crippen molar-refractivity contribution >= 4 is 33.4 Å². The van der Waals surface area contributed by atoms with Crippen LogP contribution in [0.15, 0.2) is 46.9 Å². The van der Waals surface area contributed by atoms with Crippen LogP contribution in [0, 0.1) is 0 Å². The molecule has 1 amide bonds. The van der Waals surface area contributed by atoms with E-state index in [9.17, 15) is 9.90 Å². The molecule has 1 unspecified atom stereocenters. The highest BCUT2D eigenvalue weighted by Crippen LogP contribution is 2.25. The first-order valence-corrected chi connectivity index (χ1v) is 7.19. The molecule has 2 aromatic rings. The van der Waals surface area contributed by atoms with Gasteiger partial charge in [0.05, 0.1) is 10.5 Å². The van der Waals surface area contributed by atoms with E-state index in [-0.39, 0.29) is 17.7 Å². The van der Waals surface area contributed by atoms with Gasteiger partial charge in [0.25, 0.3) is 5.91 Å². The molecule has 2 rings (SSSR count). The largest absolute Gasteiger partial charge is 0.507 e. The summed E-state index contributed by atoms with van der Waals surface area (Å²) in [5, 5.41) is 13.1. The van der Waals surface area contributed by atoms with Crippen molar-refractivity contribution in [3.05, 3.63) is 63.1 Å². The maximum Gasteiger partial charge on any atom is 0.251 e. The fraction of sp³-hybridized carbons (Fsp3) is 0.133.